The van der Waals surface area contributed by atoms with Crippen LogP contribution in [0.15, 0.2) is 17.5 Å². The number of benzene rings is 1. The third-order valence-electron chi connectivity index (χ3n) is 1.69. The van der Waals surface area contributed by atoms with Crippen LogP contribution in [0.1, 0.15) is 5.56 Å². The zero-order valence-corrected chi connectivity index (χ0v) is 10.5. The van der Waals surface area contributed by atoms with Crippen LogP contribution in [0.3, 0.4) is 0 Å². The van der Waals surface area contributed by atoms with Gasteiger partial charge in [0.05, 0.1) is 15.1 Å². The Balaban J connectivity index is 3.25. The van der Waals surface area contributed by atoms with E-state index < -0.39 is 0 Å². The molecule has 0 aliphatic heterocycles. The average Bonchev–Trinajstić information content (AvgIpc) is 2.16. The molecule has 1 N–H and O–H groups in total. The van der Waals surface area contributed by atoms with Crippen molar-refractivity contribution in [2.24, 2.45) is 0 Å². The molecule has 0 unspecified atom stereocenters. The molecule has 0 aliphatic rings. The van der Waals surface area contributed by atoms with Crippen LogP contribution < -0.4 is 5.32 Å². The largest absolute Gasteiger partial charge is 0.387 e. The minimum atomic E-state index is 0.367. The molecule has 1 rings (SSSR count). The van der Waals surface area contributed by atoms with Gasteiger partial charge < -0.3 is 5.32 Å². The fourth-order valence-electron chi connectivity index (χ4n) is 0.994. The topological polar surface area (TPSA) is 12.0 Å². The Morgan fingerprint density at radius 2 is 1.79 bits per heavy atom. The Bertz CT molecular complexity index is 353. The van der Waals surface area contributed by atoms with E-state index in [1.54, 1.807) is 24.6 Å². The van der Waals surface area contributed by atoms with Crippen LogP contribution in [-0.4, -0.2) is 7.05 Å². The zero-order chi connectivity index (χ0) is 10.7. The average molecular weight is 269 g/mol. The first-order chi connectivity index (χ1) is 6.60. The first-order valence-electron chi connectivity index (χ1n) is 3.77. The fraction of sp³-hybridized carbons (Fsp3) is 0.111. The Hall–Kier alpha value is -0.0200. The molecule has 0 radical (unpaired) electrons. The van der Waals surface area contributed by atoms with Gasteiger partial charge in [0.2, 0.25) is 0 Å². The van der Waals surface area contributed by atoms with Crippen molar-refractivity contribution < 1.29 is 0 Å². The standard InChI is InChI=1S/C9H8Cl3NS/c1-13-8(4-14)5-2-6(10)9(12)7(11)3-5/h2-4,13-14H,1H3/b8-4-. The van der Waals surface area contributed by atoms with Gasteiger partial charge in [-0.05, 0) is 17.5 Å². The van der Waals surface area contributed by atoms with Crippen molar-refractivity contribution in [3.8, 4) is 0 Å². The first-order valence-corrected chi connectivity index (χ1v) is 5.42. The molecule has 0 heterocycles. The number of halogens is 3. The van der Waals surface area contributed by atoms with Gasteiger partial charge in [-0.1, -0.05) is 34.8 Å². The van der Waals surface area contributed by atoms with Crippen molar-refractivity contribution in [3.05, 3.63) is 38.2 Å². The predicted octanol–water partition coefficient (Wildman–Crippen LogP) is 4.09. The normalized spacial score (nSPS) is 11.6. The van der Waals surface area contributed by atoms with Gasteiger partial charge in [0.15, 0.2) is 0 Å². The molecule has 0 bridgehead atoms. The van der Waals surface area contributed by atoms with Crippen LogP contribution in [-0.2, 0) is 0 Å². The van der Waals surface area contributed by atoms with Gasteiger partial charge in [0.1, 0.15) is 0 Å². The van der Waals surface area contributed by atoms with Gasteiger partial charge in [-0.2, -0.15) is 0 Å². The van der Waals surface area contributed by atoms with E-state index in [2.05, 4.69) is 17.9 Å². The monoisotopic (exact) mass is 267 g/mol. The zero-order valence-electron chi connectivity index (χ0n) is 7.31. The second-order valence-corrected chi connectivity index (χ2v) is 4.00. The second-order valence-electron chi connectivity index (χ2n) is 2.55. The first kappa shape index (κ1) is 12.1. The van der Waals surface area contributed by atoms with E-state index in [-0.39, 0.29) is 0 Å². The molecule has 0 spiro atoms. The minimum absolute atomic E-state index is 0.367. The van der Waals surface area contributed by atoms with Crippen LogP contribution in [0, 0.1) is 0 Å². The highest BCUT2D eigenvalue weighted by atomic mass is 35.5. The summed E-state index contributed by atoms with van der Waals surface area (Å²) in [6.45, 7) is 0. The number of hydrogen-bond donors (Lipinski definition) is 2. The summed E-state index contributed by atoms with van der Waals surface area (Å²) in [5.74, 6) is 0. The summed E-state index contributed by atoms with van der Waals surface area (Å²) < 4.78 is 0. The Morgan fingerprint density at radius 1 is 1.29 bits per heavy atom. The number of hydrogen-bond acceptors (Lipinski definition) is 2. The van der Waals surface area contributed by atoms with Crippen LogP contribution in [0.4, 0.5) is 0 Å². The van der Waals surface area contributed by atoms with E-state index in [1.807, 2.05) is 0 Å². The minimum Gasteiger partial charge on any atom is -0.387 e. The maximum Gasteiger partial charge on any atom is 0.0778 e. The molecule has 14 heavy (non-hydrogen) atoms. The fourth-order valence-corrected chi connectivity index (χ4v) is 1.87. The molecule has 1 aromatic carbocycles. The van der Waals surface area contributed by atoms with Crippen LogP contribution in [0.2, 0.25) is 15.1 Å². The molecular weight excluding hydrogens is 261 g/mol. The quantitative estimate of drug-likeness (QED) is 0.608. The molecule has 76 valence electrons. The molecule has 1 aromatic rings. The molecule has 0 amide bonds. The van der Waals surface area contributed by atoms with Crippen molar-refractivity contribution in [3.63, 3.8) is 0 Å². The Labute approximate surface area is 103 Å². The smallest absolute Gasteiger partial charge is 0.0778 e. The summed E-state index contributed by atoms with van der Waals surface area (Å²) in [4.78, 5) is 0. The molecule has 0 saturated carbocycles. The van der Waals surface area contributed by atoms with Crippen molar-refractivity contribution in [1.29, 1.82) is 0 Å². The van der Waals surface area contributed by atoms with E-state index in [9.17, 15) is 0 Å². The maximum atomic E-state index is 5.88. The lowest BCUT2D eigenvalue weighted by Crippen LogP contribution is -2.03. The van der Waals surface area contributed by atoms with E-state index in [0.29, 0.717) is 15.1 Å². The molecule has 0 saturated heterocycles. The van der Waals surface area contributed by atoms with E-state index in [1.165, 1.54) is 0 Å². The lowest BCUT2D eigenvalue weighted by atomic mass is 10.2. The SMILES string of the molecule is CN/C(=C\S)c1cc(Cl)c(Cl)c(Cl)c1. The lowest BCUT2D eigenvalue weighted by Gasteiger charge is -2.08. The molecule has 0 aromatic heterocycles. The van der Waals surface area contributed by atoms with Crippen molar-refractivity contribution in [2.45, 2.75) is 0 Å². The van der Waals surface area contributed by atoms with Gasteiger partial charge in [0.25, 0.3) is 0 Å². The molecule has 5 heteroatoms. The molecular formula is C9H8Cl3NS. The van der Waals surface area contributed by atoms with Crippen molar-refractivity contribution in [1.82, 2.24) is 5.32 Å². The summed E-state index contributed by atoms with van der Waals surface area (Å²) in [7, 11) is 1.79. The third-order valence-corrected chi connectivity index (χ3v) is 3.15. The van der Waals surface area contributed by atoms with Gasteiger partial charge >= 0.3 is 0 Å². The highest BCUT2D eigenvalue weighted by Crippen LogP contribution is 2.32. The lowest BCUT2D eigenvalue weighted by molar-refractivity contribution is 1.13. The summed E-state index contributed by atoms with van der Waals surface area (Å²) in [6.07, 6.45) is 0. The van der Waals surface area contributed by atoms with Gasteiger partial charge in [-0.3, -0.25) is 0 Å². The summed E-state index contributed by atoms with van der Waals surface area (Å²) in [5.41, 5.74) is 1.68. The third kappa shape index (κ3) is 2.51. The highest BCUT2D eigenvalue weighted by molar-refractivity contribution is 7.83. The summed E-state index contributed by atoms with van der Waals surface area (Å²) >= 11 is 21.6. The predicted molar refractivity (Wildman–Crippen MR) is 67.5 cm³/mol. The molecule has 0 aliphatic carbocycles. The summed E-state index contributed by atoms with van der Waals surface area (Å²) in [6, 6.07) is 3.46. The Kier molecular flexibility index (Phi) is 4.45. The van der Waals surface area contributed by atoms with Crippen LogP contribution in [0.25, 0.3) is 5.70 Å². The van der Waals surface area contributed by atoms with Crippen LogP contribution >= 0.6 is 47.4 Å². The highest BCUT2D eigenvalue weighted by Gasteiger charge is 2.07. The van der Waals surface area contributed by atoms with Gasteiger partial charge in [-0.25, -0.2) is 0 Å². The number of nitrogens with one attached hydrogen (secondary N) is 1. The molecule has 0 fully saturated rings. The van der Waals surface area contributed by atoms with Crippen LogP contribution in [0.5, 0.6) is 0 Å². The van der Waals surface area contributed by atoms with Gasteiger partial charge in [-0.15, -0.1) is 12.6 Å². The van der Waals surface area contributed by atoms with E-state index in [0.717, 1.165) is 11.3 Å². The number of rotatable bonds is 2. The second kappa shape index (κ2) is 5.17. The van der Waals surface area contributed by atoms with Crippen molar-refractivity contribution in [2.75, 3.05) is 7.05 Å². The molecule has 0 atom stereocenters. The molecule has 1 nitrogen and oxygen atoms in total. The van der Waals surface area contributed by atoms with E-state index in [4.69, 9.17) is 34.8 Å². The van der Waals surface area contributed by atoms with Gasteiger partial charge in [0, 0.05) is 18.3 Å². The summed E-state index contributed by atoms with van der Waals surface area (Å²) in [5, 5.41) is 5.82. The maximum absolute atomic E-state index is 5.88. The number of thiol groups is 1. The van der Waals surface area contributed by atoms with E-state index >= 15 is 0 Å². The van der Waals surface area contributed by atoms with Crippen molar-refractivity contribution >= 4 is 53.1 Å². The Morgan fingerprint density at radius 3 is 2.14 bits per heavy atom.